The topological polar surface area (TPSA) is 93.2 Å². The molecule has 7 nitrogen and oxygen atoms in total. The monoisotopic (exact) mass is 546 g/mol. The van der Waals surface area contributed by atoms with Crippen LogP contribution in [0.25, 0.3) is 10.9 Å². The fourth-order valence-electron chi connectivity index (χ4n) is 3.00. The lowest BCUT2D eigenvalue weighted by Crippen LogP contribution is -2.11. The van der Waals surface area contributed by atoms with Crippen LogP contribution in [-0.2, 0) is 16.6 Å². The third-order valence-corrected chi connectivity index (χ3v) is 5.64. The summed E-state index contributed by atoms with van der Waals surface area (Å²) in [5.74, 6) is 1.06. The minimum atomic E-state index is -3.46. The Hall–Kier alpha value is -2.92. The number of nitrogens with one attached hydrogen (secondary N) is 2. The maximum Gasteiger partial charge on any atom is 0.229 e. The number of aromatic nitrogens is 2. The highest BCUT2D eigenvalue weighted by molar-refractivity contribution is 14.1. The number of sulfonamides is 1. The second-order valence-corrected chi connectivity index (χ2v) is 9.86. The van der Waals surface area contributed by atoms with Gasteiger partial charge in [-0.25, -0.2) is 18.4 Å². The first-order chi connectivity index (χ1) is 14.9. The van der Waals surface area contributed by atoms with Crippen LogP contribution < -0.4 is 14.8 Å². The van der Waals surface area contributed by atoms with E-state index in [1.54, 1.807) is 18.2 Å². The number of nitrogens with zero attached hydrogens (tertiary/aromatic N) is 2. The SMILES string of the molecule is CS(=O)(=O)Nc1ccc(Nc2ncnc3ccc(I)cc23)cc1OCc1ccccc1. The molecule has 0 amide bonds. The van der Waals surface area contributed by atoms with E-state index in [2.05, 4.69) is 42.6 Å². The highest BCUT2D eigenvalue weighted by Crippen LogP contribution is 2.32. The maximum absolute atomic E-state index is 11.8. The van der Waals surface area contributed by atoms with Crippen molar-refractivity contribution in [3.63, 3.8) is 0 Å². The van der Waals surface area contributed by atoms with E-state index >= 15 is 0 Å². The number of halogens is 1. The van der Waals surface area contributed by atoms with Crippen molar-refractivity contribution in [3.8, 4) is 5.75 Å². The van der Waals surface area contributed by atoms with Crippen molar-refractivity contribution in [2.75, 3.05) is 16.3 Å². The summed E-state index contributed by atoms with van der Waals surface area (Å²) in [5.41, 5.74) is 2.88. The van der Waals surface area contributed by atoms with Crippen LogP contribution in [0.3, 0.4) is 0 Å². The average Bonchev–Trinajstić information content (AvgIpc) is 2.74. The highest BCUT2D eigenvalue weighted by Gasteiger charge is 2.12. The minimum Gasteiger partial charge on any atom is -0.487 e. The molecule has 0 spiro atoms. The molecule has 0 radical (unpaired) electrons. The molecule has 1 aromatic heterocycles. The number of hydrogen-bond donors (Lipinski definition) is 2. The number of rotatable bonds is 7. The largest absolute Gasteiger partial charge is 0.487 e. The van der Waals surface area contributed by atoms with E-state index < -0.39 is 10.0 Å². The van der Waals surface area contributed by atoms with Crippen LogP contribution >= 0.6 is 22.6 Å². The molecule has 0 aliphatic carbocycles. The van der Waals surface area contributed by atoms with Gasteiger partial charge in [-0.3, -0.25) is 4.72 Å². The summed E-state index contributed by atoms with van der Waals surface area (Å²) < 4.78 is 33.1. The quantitative estimate of drug-likeness (QED) is 0.320. The van der Waals surface area contributed by atoms with E-state index in [-0.39, 0.29) is 0 Å². The Kier molecular flexibility index (Phi) is 6.23. The molecular weight excluding hydrogens is 527 g/mol. The van der Waals surface area contributed by atoms with Gasteiger partial charge < -0.3 is 10.1 Å². The van der Waals surface area contributed by atoms with Crippen LogP contribution in [0.15, 0.2) is 73.1 Å². The van der Waals surface area contributed by atoms with Crippen molar-refractivity contribution < 1.29 is 13.2 Å². The Labute approximate surface area is 194 Å². The summed E-state index contributed by atoms with van der Waals surface area (Å²) >= 11 is 2.25. The van der Waals surface area contributed by atoms with Crippen LogP contribution in [0.4, 0.5) is 17.2 Å². The number of anilines is 3. The number of ether oxygens (including phenoxy) is 1. The van der Waals surface area contributed by atoms with E-state index in [1.165, 1.54) is 6.33 Å². The molecule has 0 unspecified atom stereocenters. The first-order valence-electron chi connectivity index (χ1n) is 9.33. The smallest absolute Gasteiger partial charge is 0.229 e. The van der Waals surface area contributed by atoms with Crippen molar-refractivity contribution in [1.29, 1.82) is 0 Å². The second kappa shape index (κ2) is 9.06. The van der Waals surface area contributed by atoms with Crippen molar-refractivity contribution >= 4 is 60.7 Å². The zero-order chi connectivity index (χ0) is 21.8. The molecule has 3 aromatic carbocycles. The van der Waals surface area contributed by atoms with Gasteiger partial charge in [-0.15, -0.1) is 0 Å². The van der Waals surface area contributed by atoms with Crippen LogP contribution in [0.5, 0.6) is 5.75 Å². The van der Waals surface area contributed by atoms with Crippen LogP contribution in [0.2, 0.25) is 0 Å². The van der Waals surface area contributed by atoms with Gasteiger partial charge in [-0.1, -0.05) is 30.3 Å². The number of hydrogen-bond acceptors (Lipinski definition) is 6. The molecular formula is C22H19IN4O3S. The molecule has 0 fully saturated rings. The molecule has 0 aliphatic heterocycles. The van der Waals surface area contributed by atoms with Crippen molar-refractivity contribution in [1.82, 2.24) is 9.97 Å². The lowest BCUT2D eigenvalue weighted by molar-refractivity contribution is 0.308. The van der Waals surface area contributed by atoms with Gasteiger partial charge in [-0.05, 0) is 58.5 Å². The predicted molar refractivity (Wildman–Crippen MR) is 131 cm³/mol. The van der Waals surface area contributed by atoms with E-state index in [1.807, 2.05) is 48.5 Å². The normalized spacial score (nSPS) is 11.3. The molecule has 0 saturated heterocycles. The molecule has 158 valence electrons. The number of fused-ring (bicyclic) bond motifs is 1. The Morgan fingerprint density at radius 1 is 1.00 bits per heavy atom. The zero-order valence-corrected chi connectivity index (χ0v) is 19.5. The summed E-state index contributed by atoms with van der Waals surface area (Å²) in [6.07, 6.45) is 2.61. The van der Waals surface area contributed by atoms with Gasteiger partial charge in [0.2, 0.25) is 10.0 Å². The summed E-state index contributed by atoms with van der Waals surface area (Å²) in [6, 6.07) is 20.8. The van der Waals surface area contributed by atoms with E-state index in [9.17, 15) is 8.42 Å². The summed E-state index contributed by atoms with van der Waals surface area (Å²) in [5, 5.41) is 4.18. The van der Waals surface area contributed by atoms with E-state index in [0.29, 0.717) is 29.5 Å². The summed E-state index contributed by atoms with van der Waals surface area (Å²) in [4.78, 5) is 8.67. The molecule has 0 atom stereocenters. The van der Waals surface area contributed by atoms with Gasteiger partial charge in [0.1, 0.15) is 24.5 Å². The van der Waals surface area contributed by atoms with E-state index in [4.69, 9.17) is 4.74 Å². The molecule has 31 heavy (non-hydrogen) atoms. The Bertz CT molecular complexity index is 1330. The number of benzene rings is 3. The first-order valence-corrected chi connectivity index (χ1v) is 12.3. The van der Waals surface area contributed by atoms with Crippen molar-refractivity contribution in [2.45, 2.75) is 6.61 Å². The van der Waals surface area contributed by atoms with Gasteiger partial charge >= 0.3 is 0 Å². The van der Waals surface area contributed by atoms with Gasteiger partial charge in [-0.2, -0.15) is 0 Å². The lowest BCUT2D eigenvalue weighted by atomic mass is 10.2. The van der Waals surface area contributed by atoms with Gasteiger partial charge in [0.05, 0.1) is 17.5 Å². The standard InChI is InChI=1S/C22H19IN4O3S/c1-31(28,29)27-20-10-8-17(12-21(20)30-13-15-5-3-2-4-6-15)26-22-18-11-16(23)7-9-19(18)24-14-25-22/h2-12,14,27H,13H2,1H3,(H,24,25,26). The predicted octanol–water partition coefficient (Wildman–Crippen LogP) is 4.93. The molecule has 9 heteroatoms. The van der Waals surface area contributed by atoms with Crippen molar-refractivity contribution in [2.24, 2.45) is 0 Å². The Morgan fingerprint density at radius 2 is 1.81 bits per heavy atom. The second-order valence-electron chi connectivity index (χ2n) is 6.87. The fraction of sp³-hybridized carbons (Fsp3) is 0.0909. The minimum absolute atomic E-state index is 0.303. The fourth-order valence-corrected chi connectivity index (χ4v) is 4.06. The Balaban J connectivity index is 1.66. The van der Waals surface area contributed by atoms with E-state index in [0.717, 1.165) is 26.3 Å². The molecule has 0 bridgehead atoms. The highest BCUT2D eigenvalue weighted by atomic mass is 127. The molecule has 4 rings (SSSR count). The molecule has 2 N–H and O–H groups in total. The van der Waals surface area contributed by atoms with Gasteiger partial charge in [0, 0.05) is 20.7 Å². The first kappa shape index (κ1) is 21.3. The molecule has 0 saturated carbocycles. The maximum atomic E-state index is 11.8. The third kappa shape index (κ3) is 5.61. The molecule has 1 heterocycles. The average molecular weight is 546 g/mol. The molecule has 0 aliphatic rings. The summed E-state index contributed by atoms with van der Waals surface area (Å²) in [7, 11) is -3.46. The van der Waals surface area contributed by atoms with Crippen molar-refractivity contribution in [3.05, 3.63) is 82.2 Å². The van der Waals surface area contributed by atoms with Crippen LogP contribution in [0, 0.1) is 3.57 Å². The Morgan fingerprint density at radius 3 is 2.58 bits per heavy atom. The van der Waals surface area contributed by atoms with Crippen LogP contribution in [-0.4, -0.2) is 24.6 Å². The summed E-state index contributed by atoms with van der Waals surface area (Å²) in [6.45, 7) is 0.303. The van der Waals surface area contributed by atoms with Gasteiger partial charge in [0.15, 0.2) is 0 Å². The molecule has 4 aromatic rings. The van der Waals surface area contributed by atoms with Gasteiger partial charge in [0.25, 0.3) is 0 Å². The third-order valence-electron chi connectivity index (χ3n) is 4.37. The zero-order valence-electron chi connectivity index (χ0n) is 16.5. The van der Waals surface area contributed by atoms with Crippen LogP contribution in [0.1, 0.15) is 5.56 Å². The lowest BCUT2D eigenvalue weighted by Gasteiger charge is -2.15.